The van der Waals surface area contributed by atoms with Crippen LogP contribution in [0.3, 0.4) is 0 Å². The Balaban J connectivity index is 3.93. The highest BCUT2D eigenvalue weighted by atomic mass is 16.6. The van der Waals surface area contributed by atoms with Crippen molar-refractivity contribution in [3.63, 3.8) is 0 Å². The molecular weight excluding hydrogens is 220 g/mol. The van der Waals surface area contributed by atoms with Crippen molar-refractivity contribution >= 4 is 11.9 Å². The first-order chi connectivity index (χ1) is 7.76. The molecule has 0 saturated carbocycles. The van der Waals surface area contributed by atoms with Gasteiger partial charge in [-0.3, -0.25) is 9.59 Å². The molecule has 0 aliphatic carbocycles. The van der Waals surface area contributed by atoms with Gasteiger partial charge in [-0.2, -0.15) is 0 Å². The molecule has 0 amide bonds. The number of hydrogen-bond donors (Lipinski definition) is 0. The number of ether oxygens (including phenoxy) is 2. The van der Waals surface area contributed by atoms with Crippen molar-refractivity contribution < 1.29 is 19.1 Å². The van der Waals surface area contributed by atoms with E-state index in [2.05, 4.69) is 6.58 Å². The van der Waals surface area contributed by atoms with E-state index in [4.69, 9.17) is 9.47 Å². The first-order valence-corrected chi connectivity index (χ1v) is 5.75. The lowest BCUT2D eigenvalue weighted by atomic mass is 10.1. The lowest BCUT2D eigenvalue weighted by Gasteiger charge is -2.22. The highest BCUT2D eigenvalue weighted by Crippen LogP contribution is 2.14. The predicted molar refractivity (Wildman–Crippen MR) is 65.4 cm³/mol. The Labute approximate surface area is 103 Å². The summed E-state index contributed by atoms with van der Waals surface area (Å²) in [5.41, 5.74) is -0.491. The van der Waals surface area contributed by atoms with Gasteiger partial charge >= 0.3 is 11.9 Å². The van der Waals surface area contributed by atoms with Gasteiger partial charge in [0.15, 0.2) is 0 Å². The molecule has 0 saturated heterocycles. The van der Waals surface area contributed by atoms with Crippen LogP contribution in [0, 0.1) is 5.92 Å². The molecule has 0 radical (unpaired) electrons. The SMILES string of the molecule is C=CCOC(=O)CC[C@H](C)C(=O)OC(C)(C)C. The van der Waals surface area contributed by atoms with Crippen molar-refractivity contribution in [1.29, 1.82) is 0 Å². The van der Waals surface area contributed by atoms with Gasteiger partial charge in [0.05, 0.1) is 5.92 Å². The van der Waals surface area contributed by atoms with Crippen LogP contribution in [0.25, 0.3) is 0 Å². The van der Waals surface area contributed by atoms with E-state index in [9.17, 15) is 9.59 Å². The van der Waals surface area contributed by atoms with Crippen LogP contribution in [0.1, 0.15) is 40.5 Å². The third kappa shape index (κ3) is 8.48. The normalized spacial score (nSPS) is 12.7. The third-order valence-electron chi connectivity index (χ3n) is 1.95. The molecule has 0 rings (SSSR count). The van der Waals surface area contributed by atoms with Crippen LogP contribution in [0.2, 0.25) is 0 Å². The summed E-state index contributed by atoms with van der Waals surface area (Å²) in [6, 6.07) is 0. The third-order valence-corrected chi connectivity index (χ3v) is 1.95. The molecule has 4 heteroatoms. The average Bonchev–Trinajstić information content (AvgIpc) is 2.20. The summed E-state index contributed by atoms with van der Waals surface area (Å²) in [7, 11) is 0. The van der Waals surface area contributed by atoms with Crippen LogP contribution in [-0.4, -0.2) is 24.1 Å². The number of carbonyl (C=O) groups excluding carboxylic acids is 2. The molecule has 0 aromatic carbocycles. The van der Waals surface area contributed by atoms with Gasteiger partial charge in [-0.1, -0.05) is 19.6 Å². The summed E-state index contributed by atoms with van der Waals surface area (Å²) >= 11 is 0. The zero-order chi connectivity index (χ0) is 13.5. The van der Waals surface area contributed by atoms with E-state index in [-0.39, 0.29) is 30.9 Å². The van der Waals surface area contributed by atoms with Crippen molar-refractivity contribution in [1.82, 2.24) is 0 Å². The Morgan fingerprint density at radius 2 is 1.94 bits per heavy atom. The molecule has 0 spiro atoms. The standard InChI is InChI=1S/C13H22O4/c1-6-9-16-11(14)8-7-10(2)12(15)17-13(3,4)5/h6,10H,1,7-9H2,2-5H3/t10-/m0/s1. The molecule has 4 nitrogen and oxygen atoms in total. The van der Waals surface area contributed by atoms with Gasteiger partial charge in [0.25, 0.3) is 0 Å². The van der Waals surface area contributed by atoms with Crippen molar-refractivity contribution in [2.75, 3.05) is 6.61 Å². The molecule has 0 fully saturated rings. The lowest BCUT2D eigenvalue weighted by molar-refractivity contribution is -0.159. The molecule has 0 unspecified atom stereocenters. The molecule has 0 aliphatic heterocycles. The van der Waals surface area contributed by atoms with E-state index in [1.807, 2.05) is 20.8 Å². The Hall–Kier alpha value is -1.32. The van der Waals surface area contributed by atoms with Crippen molar-refractivity contribution in [2.24, 2.45) is 5.92 Å². The first-order valence-electron chi connectivity index (χ1n) is 5.75. The van der Waals surface area contributed by atoms with Gasteiger partial charge in [-0.25, -0.2) is 0 Å². The molecule has 0 bridgehead atoms. The van der Waals surface area contributed by atoms with Crippen LogP contribution in [0.5, 0.6) is 0 Å². The minimum atomic E-state index is -0.491. The van der Waals surface area contributed by atoms with Crippen LogP contribution in [-0.2, 0) is 19.1 Å². The van der Waals surface area contributed by atoms with Crippen molar-refractivity contribution in [3.05, 3.63) is 12.7 Å². The number of rotatable bonds is 6. The fourth-order valence-electron chi connectivity index (χ4n) is 1.08. The largest absolute Gasteiger partial charge is 0.461 e. The zero-order valence-electron chi connectivity index (χ0n) is 11.1. The molecule has 98 valence electrons. The molecule has 0 N–H and O–H groups in total. The van der Waals surface area contributed by atoms with E-state index >= 15 is 0 Å². The summed E-state index contributed by atoms with van der Waals surface area (Å²) in [6.45, 7) is 10.8. The molecule has 1 atom stereocenters. The molecular formula is C13H22O4. The summed E-state index contributed by atoms with van der Waals surface area (Å²) < 4.78 is 10.0. The Bertz CT molecular complexity index is 276. The minimum Gasteiger partial charge on any atom is -0.461 e. The molecule has 0 aromatic heterocycles. The highest BCUT2D eigenvalue weighted by Gasteiger charge is 2.22. The van der Waals surface area contributed by atoms with Crippen LogP contribution >= 0.6 is 0 Å². The molecule has 0 heterocycles. The fourth-order valence-corrected chi connectivity index (χ4v) is 1.08. The maximum absolute atomic E-state index is 11.6. The van der Waals surface area contributed by atoms with Gasteiger partial charge in [-0.05, 0) is 27.2 Å². The lowest BCUT2D eigenvalue weighted by Crippen LogP contribution is -2.28. The average molecular weight is 242 g/mol. The van der Waals surface area contributed by atoms with E-state index in [1.54, 1.807) is 6.92 Å². The highest BCUT2D eigenvalue weighted by molar-refractivity contribution is 5.74. The maximum Gasteiger partial charge on any atom is 0.309 e. The molecule has 17 heavy (non-hydrogen) atoms. The number of esters is 2. The Morgan fingerprint density at radius 1 is 1.35 bits per heavy atom. The maximum atomic E-state index is 11.6. The second kappa shape index (κ2) is 7.09. The number of hydrogen-bond acceptors (Lipinski definition) is 4. The van der Waals surface area contributed by atoms with Gasteiger partial charge in [0.1, 0.15) is 12.2 Å². The first kappa shape index (κ1) is 15.7. The summed E-state index contributed by atoms with van der Waals surface area (Å²) in [5.74, 6) is -0.903. The van der Waals surface area contributed by atoms with Gasteiger partial charge in [0.2, 0.25) is 0 Å². The van der Waals surface area contributed by atoms with Crippen LogP contribution < -0.4 is 0 Å². The van der Waals surface area contributed by atoms with Crippen LogP contribution in [0.4, 0.5) is 0 Å². The number of carbonyl (C=O) groups is 2. The Morgan fingerprint density at radius 3 is 2.41 bits per heavy atom. The fraction of sp³-hybridized carbons (Fsp3) is 0.692. The summed E-state index contributed by atoms with van der Waals surface area (Å²) in [5, 5.41) is 0. The second-order valence-electron chi connectivity index (χ2n) is 4.94. The van der Waals surface area contributed by atoms with Gasteiger partial charge in [0, 0.05) is 6.42 Å². The van der Waals surface area contributed by atoms with E-state index < -0.39 is 5.60 Å². The Kier molecular flexibility index (Phi) is 6.54. The topological polar surface area (TPSA) is 52.6 Å². The van der Waals surface area contributed by atoms with Crippen molar-refractivity contribution in [3.8, 4) is 0 Å². The zero-order valence-corrected chi connectivity index (χ0v) is 11.1. The molecule has 0 aromatic rings. The van der Waals surface area contributed by atoms with Crippen molar-refractivity contribution in [2.45, 2.75) is 46.1 Å². The van der Waals surface area contributed by atoms with Crippen LogP contribution in [0.15, 0.2) is 12.7 Å². The van der Waals surface area contributed by atoms with E-state index in [1.165, 1.54) is 6.08 Å². The summed E-state index contributed by atoms with van der Waals surface area (Å²) in [4.78, 5) is 22.8. The monoisotopic (exact) mass is 242 g/mol. The van der Waals surface area contributed by atoms with Gasteiger partial charge in [-0.15, -0.1) is 0 Å². The summed E-state index contributed by atoms with van der Waals surface area (Å²) in [6.07, 6.45) is 2.16. The van der Waals surface area contributed by atoms with E-state index in [0.717, 1.165) is 0 Å². The predicted octanol–water partition coefficient (Wildman–Crippen LogP) is 2.47. The minimum absolute atomic E-state index is 0.208. The van der Waals surface area contributed by atoms with Gasteiger partial charge < -0.3 is 9.47 Å². The quantitative estimate of drug-likeness (QED) is 0.530. The smallest absolute Gasteiger partial charge is 0.309 e. The van der Waals surface area contributed by atoms with E-state index in [0.29, 0.717) is 6.42 Å². The second-order valence-corrected chi connectivity index (χ2v) is 4.94. The molecule has 0 aliphatic rings.